The molecule has 0 aliphatic carbocycles. The van der Waals surface area contributed by atoms with Crippen molar-refractivity contribution >= 4 is 64.9 Å². The van der Waals surface area contributed by atoms with Crippen LogP contribution in [-0.4, -0.2) is 8.42 Å². The van der Waals surface area contributed by atoms with E-state index in [2.05, 4.69) is 36.6 Å². The van der Waals surface area contributed by atoms with Crippen molar-refractivity contribution < 1.29 is 8.42 Å². The van der Waals surface area contributed by atoms with Gasteiger partial charge in [-0.25, -0.2) is 8.42 Å². The van der Waals surface area contributed by atoms with Gasteiger partial charge in [-0.15, -0.1) is 0 Å². The Bertz CT molecular complexity index is 810. The molecule has 2 rings (SSSR count). The summed E-state index contributed by atoms with van der Waals surface area (Å²) in [5.41, 5.74) is 7.27. The third-order valence-corrected chi connectivity index (χ3v) is 6.00. The highest BCUT2D eigenvalue weighted by molar-refractivity contribution is 9.10. The number of aryl methyl sites for hydroxylation is 1. The van der Waals surface area contributed by atoms with Gasteiger partial charge in [0.05, 0.1) is 10.2 Å². The second-order valence-corrected chi connectivity index (χ2v) is 8.17. The SMILES string of the molecule is Cc1cc(Br)ccc1NS(=O)(=O)c1cc(Cl)cc(N)c1Br. The summed E-state index contributed by atoms with van der Waals surface area (Å²) in [6.07, 6.45) is 0. The van der Waals surface area contributed by atoms with Gasteiger partial charge in [0.2, 0.25) is 0 Å². The van der Waals surface area contributed by atoms with Crippen LogP contribution in [-0.2, 0) is 10.0 Å². The molecule has 0 fully saturated rings. The summed E-state index contributed by atoms with van der Waals surface area (Å²) in [5, 5.41) is 0.253. The molecule has 0 saturated carbocycles. The standard InChI is InChI=1S/C13H11Br2ClN2O2S/c1-7-4-8(14)2-3-11(7)18-21(19,20)12-6-9(16)5-10(17)13(12)15/h2-6,18H,17H2,1H3. The van der Waals surface area contributed by atoms with E-state index in [4.69, 9.17) is 17.3 Å². The van der Waals surface area contributed by atoms with E-state index in [0.29, 0.717) is 5.69 Å². The fourth-order valence-electron chi connectivity index (χ4n) is 1.72. The molecule has 0 unspecified atom stereocenters. The van der Waals surface area contributed by atoms with E-state index in [1.165, 1.54) is 12.1 Å². The van der Waals surface area contributed by atoms with Gasteiger partial charge in [0, 0.05) is 15.2 Å². The molecule has 3 N–H and O–H groups in total. The number of sulfonamides is 1. The topological polar surface area (TPSA) is 72.2 Å². The number of nitrogen functional groups attached to an aromatic ring is 1. The van der Waals surface area contributed by atoms with Gasteiger partial charge < -0.3 is 5.73 Å². The zero-order valence-corrected chi connectivity index (χ0v) is 15.6. The van der Waals surface area contributed by atoms with E-state index in [-0.39, 0.29) is 20.1 Å². The maximum Gasteiger partial charge on any atom is 0.263 e. The molecule has 2 aromatic rings. The Balaban J connectivity index is 2.48. The quantitative estimate of drug-likeness (QED) is 0.668. The van der Waals surface area contributed by atoms with Gasteiger partial charge in [-0.1, -0.05) is 27.5 Å². The second-order valence-electron chi connectivity index (χ2n) is 4.37. The molecular weight excluding hydrogens is 443 g/mol. The van der Waals surface area contributed by atoms with Crippen LogP contribution in [0, 0.1) is 6.92 Å². The van der Waals surface area contributed by atoms with Crippen LogP contribution in [0.4, 0.5) is 11.4 Å². The van der Waals surface area contributed by atoms with E-state index in [9.17, 15) is 8.42 Å². The number of nitrogens with one attached hydrogen (secondary N) is 1. The van der Waals surface area contributed by atoms with Gasteiger partial charge in [-0.05, 0) is 58.7 Å². The lowest BCUT2D eigenvalue weighted by atomic mass is 10.2. The molecule has 112 valence electrons. The largest absolute Gasteiger partial charge is 0.398 e. The number of benzene rings is 2. The molecular formula is C13H11Br2ClN2O2S. The molecule has 0 atom stereocenters. The Hall–Kier alpha value is -0.760. The number of halogens is 3. The summed E-state index contributed by atoms with van der Waals surface area (Å²) in [7, 11) is -3.80. The minimum atomic E-state index is -3.80. The van der Waals surface area contributed by atoms with Gasteiger partial charge >= 0.3 is 0 Å². The van der Waals surface area contributed by atoms with E-state index >= 15 is 0 Å². The van der Waals surface area contributed by atoms with Gasteiger partial charge in [-0.3, -0.25) is 4.72 Å². The van der Waals surface area contributed by atoms with Crippen molar-refractivity contribution in [1.29, 1.82) is 0 Å². The lowest BCUT2D eigenvalue weighted by Crippen LogP contribution is -2.15. The summed E-state index contributed by atoms with van der Waals surface area (Å²) in [6.45, 7) is 1.81. The average molecular weight is 455 g/mol. The molecule has 0 heterocycles. The fraction of sp³-hybridized carbons (Fsp3) is 0.0769. The smallest absolute Gasteiger partial charge is 0.263 e. The Kier molecular flexibility index (Phi) is 4.87. The van der Waals surface area contributed by atoms with Crippen LogP contribution >= 0.6 is 43.5 Å². The van der Waals surface area contributed by atoms with E-state index in [1.807, 2.05) is 13.0 Å². The summed E-state index contributed by atoms with van der Waals surface area (Å²) >= 11 is 12.4. The molecule has 0 bridgehead atoms. The van der Waals surface area contributed by atoms with Crippen molar-refractivity contribution in [3.63, 3.8) is 0 Å². The number of anilines is 2. The maximum absolute atomic E-state index is 12.5. The van der Waals surface area contributed by atoms with Crippen LogP contribution in [0.15, 0.2) is 44.2 Å². The van der Waals surface area contributed by atoms with Gasteiger partial charge in [0.25, 0.3) is 10.0 Å². The summed E-state index contributed by atoms with van der Waals surface area (Å²) in [4.78, 5) is -0.00480. The predicted octanol–water partition coefficient (Wildman–Crippen LogP) is 4.56. The number of nitrogens with two attached hydrogens (primary N) is 1. The molecule has 0 amide bonds. The first kappa shape index (κ1) is 16.6. The van der Waals surface area contributed by atoms with Crippen LogP contribution in [0.25, 0.3) is 0 Å². The van der Waals surface area contributed by atoms with Gasteiger partial charge in [0.15, 0.2) is 0 Å². The van der Waals surface area contributed by atoms with E-state index in [1.54, 1.807) is 12.1 Å². The van der Waals surface area contributed by atoms with Crippen molar-refractivity contribution in [2.45, 2.75) is 11.8 Å². The molecule has 0 radical (unpaired) electrons. The van der Waals surface area contributed by atoms with Crippen LogP contribution in [0.1, 0.15) is 5.56 Å². The summed E-state index contributed by atoms with van der Waals surface area (Å²) in [5.74, 6) is 0. The Labute approximate surface area is 145 Å². The average Bonchev–Trinajstić information content (AvgIpc) is 2.37. The van der Waals surface area contributed by atoms with Crippen molar-refractivity contribution in [3.05, 3.63) is 49.9 Å². The predicted molar refractivity (Wildman–Crippen MR) is 93.3 cm³/mol. The Morgan fingerprint density at radius 1 is 1.19 bits per heavy atom. The third kappa shape index (κ3) is 3.71. The number of rotatable bonds is 3. The van der Waals surface area contributed by atoms with Crippen molar-refractivity contribution in [2.75, 3.05) is 10.5 Å². The van der Waals surface area contributed by atoms with Crippen molar-refractivity contribution in [3.8, 4) is 0 Å². The molecule has 8 heteroatoms. The van der Waals surface area contributed by atoms with E-state index in [0.717, 1.165) is 10.0 Å². The first-order chi connectivity index (χ1) is 9.70. The first-order valence-electron chi connectivity index (χ1n) is 5.74. The molecule has 2 aromatic carbocycles. The molecule has 21 heavy (non-hydrogen) atoms. The highest BCUT2D eigenvalue weighted by atomic mass is 79.9. The van der Waals surface area contributed by atoms with Crippen molar-refractivity contribution in [2.24, 2.45) is 0 Å². The fourth-order valence-corrected chi connectivity index (χ4v) is 4.62. The van der Waals surface area contributed by atoms with E-state index < -0.39 is 10.0 Å². The number of hydrogen-bond donors (Lipinski definition) is 2. The van der Waals surface area contributed by atoms with Crippen LogP contribution in [0.3, 0.4) is 0 Å². The van der Waals surface area contributed by atoms with Gasteiger partial charge in [0.1, 0.15) is 4.90 Å². The zero-order chi connectivity index (χ0) is 15.8. The highest BCUT2D eigenvalue weighted by Crippen LogP contribution is 2.33. The normalized spacial score (nSPS) is 11.4. The highest BCUT2D eigenvalue weighted by Gasteiger charge is 2.21. The lowest BCUT2D eigenvalue weighted by molar-refractivity contribution is 0.601. The minimum Gasteiger partial charge on any atom is -0.398 e. The molecule has 0 saturated heterocycles. The van der Waals surface area contributed by atoms with Crippen LogP contribution in [0.5, 0.6) is 0 Å². The lowest BCUT2D eigenvalue weighted by Gasteiger charge is -2.13. The Morgan fingerprint density at radius 3 is 2.48 bits per heavy atom. The molecule has 0 aliphatic heterocycles. The molecule has 4 nitrogen and oxygen atoms in total. The first-order valence-corrected chi connectivity index (χ1v) is 9.19. The zero-order valence-electron chi connectivity index (χ0n) is 10.8. The van der Waals surface area contributed by atoms with Crippen LogP contribution < -0.4 is 10.5 Å². The van der Waals surface area contributed by atoms with Crippen LogP contribution in [0.2, 0.25) is 5.02 Å². The minimum absolute atomic E-state index is 0.00480. The second kappa shape index (κ2) is 6.16. The molecule has 0 aromatic heterocycles. The van der Waals surface area contributed by atoms with Crippen molar-refractivity contribution in [1.82, 2.24) is 0 Å². The monoisotopic (exact) mass is 452 g/mol. The maximum atomic E-state index is 12.5. The third-order valence-electron chi connectivity index (χ3n) is 2.75. The number of hydrogen-bond acceptors (Lipinski definition) is 3. The Morgan fingerprint density at radius 2 is 1.86 bits per heavy atom. The summed E-state index contributed by atoms with van der Waals surface area (Å²) < 4.78 is 28.7. The molecule has 0 aliphatic rings. The van der Waals surface area contributed by atoms with Gasteiger partial charge in [-0.2, -0.15) is 0 Å². The summed E-state index contributed by atoms with van der Waals surface area (Å²) in [6, 6.07) is 8.08. The molecule has 0 spiro atoms.